The molecule has 0 saturated heterocycles. The van der Waals surface area contributed by atoms with E-state index in [0.29, 0.717) is 18.4 Å². The summed E-state index contributed by atoms with van der Waals surface area (Å²) < 4.78 is 26.8. The molecule has 2 aromatic carbocycles. The van der Waals surface area contributed by atoms with Crippen LogP contribution in [0.4, 0.5) is 8.78 Å². The maximum absolute atomic E-state index is 13.7. The summed E-state index contributed by atoms with van der Waals surface area (Å²) in [7, 11) is 0. The molecule has 0 aliphatic heterocycles. The van der Waals surface area contributed by atoms with Crippen molar-refractivity contribution in [3.05, 3.63) is 70.9 Å². The van der Waals surface area contributed by atoms with E-state index in [-0.39, 0.29) is 25.2 Å². The van der Waals surface area contributed by atoms with E-state index >= 15 is 0 Å². The van der Waals surface area contributed by atoms with Crippen molar-refractivity contribution < 1.29 is 23.2 Å². The van der Waals surface area contributed by atoms with Crippen molar-refractivity contribution in [1.82, 2.24) is 15.6 Å². The van der Waals surface area contributed by atoms with Crippen LogP contribution in [0.2, 0.25) is 0 Å². The fourth-order valence-corrected chi connectivity index (χ4v) is 4.89. The molecule has 0 bridgehead atoms. The van der Waals surface area contributed by atoms with E-state index in [1.54, 1.807) is 13.8 Å². The third-order valence-electron chi connectivity index (χ3n) is 6.88. The summed E-state index contributed by atoms with van der Waals surface area (Å²) in [5.74, 6) is -3.70. The third-order valence-corrected chi connectivity index (χ3v) is 6.88. The van der Waals surface area contributed by atoms with Crippen molar-refractivity contribution in [2.75, 3.05) is 0 Å². The number of carbonyl (C=O) groups is 3. The Morgan fingerprint density at radius 1 is 1.11 bits per heavy atom. The number of amides is 3. The van der Waals surface area contributed by atoms with Gasteiger partial charge in [-0.05, 0) is 54.5 Å². The molecule has 36 heavy (non-hydrogen) atoms. The highest BCUT2D eigenvalue weighted by Gasteiger charge is 2.45. The highest BCUT2D eigenvalue weighted by molar-refractivity contribution is 5.96. The number of hydrogen-bond donors (Lipinski definition) is 4. The Morgan fingerprint density at radius 2 is 1.86 bits per heavy atom. The Balaban J connectivity index is 1.60. The summed E-state index contributed by atoms with van der Waals surface area (Å²) >= 11 is 0. The van der Waals surface area contributed by atoms with Gasteiger partial charge in [0.2, 0.25) is 17.7 Å². The molecule has 1 aliphatic carbocycles. The van der Waals surface area contributed by atoms with E-state index in [9.17, 15) is 23.2 Å². The van der Waals surface area contributed by atoms with Crippen LogP contribution in [-0.2, 0) is 33.6 Å². The van der Waals surface area contributed by atoms with E-state index in [2.05, 4.69) is 15.6 Å². The fraction of sp³-hybridized carbons (Fsp3) is 0.370. The number of aromatic nitrogens is 1. The van der Waals surface area contributed by atoms with Crippen molar-refractivity contribution in [1.29, 1.82) is 0 Å². The lowest BCUT2D eigenvalue weighted by atomic mass is 9.78. The molecule has 0 radical (unpaired) electrons. The topological polar surface area (TPSA) is 117 Å². The van der Waals surface area contributed by atoms with Gasteiger partial charge < -0.3 is 21.4 Å². The van der Waals surface area contributed by atoms with Gasteiger partial charge in [-0.3, -0.25) is 14.4 Å². The van der Waals surface area contributed by atoms with Crippen LogP contribution in [0.15, 0.2) is 42.5 Å². The predicted molar refractivity (Wildman–Crippen MR) is 132 cm³/mol. The molecule has 9 heteroatoms. The molecule has 0 unspecified atom stereocenters. The number of aromatic amines is 1. The van der Waals surface area contributed by atoms with E-state index in [1.807, 2.05) is 24.3 Å². The van der Waals surface area contributed by atoms with Gasteiger partial charge in [0.25, 0.3) is 0 Å². The van der Waals surface area contributed by atoms with Crippen molar-refractivity contribution >= 4 is 28.6 Å². The number of H-pyrrole nitrogens is 1. The van der Waals surface area contributed by atoms with Crippen LogP contribution in [-0.4, -0.2) is 34.3 Å². The van der Waals surface area contributed by atoms with E-state index in [4.69, 9.17) is 5.73 Å². The molecule has 1 aromatic heterocycles. The molecule has 0 fully saturated rings. The first kappa shape index (κ1) is 25.3. The fourth-order valence-electron chi connectivity index (χ4n) is 4.89. The van der Waals surface area contributed by atoms with Crippen molar-refractivity contribution in [3.63, 3.8) is 0 Å². The average Bonchev–Trinajstić information content (AvgIpc) is 3.20. The number of nitrogens with one attached hydrogen (secondary N) is 3. The highest BCUT2D eigenvalue weighted by Crippen LogP contribution is 2.34. The number of hydrogen-bond acceptors (Lipinski definition) is 3. The lowest BCUT2D eigenvalue weighted by molar-refractivity contribution is -0.136. The molecule has 0 saturated carbocycles. The minimum Gasteiger partial charge on any atom is -0.368 e. The second kappa shape index (κ2) is 10.1. The minimum atomic E-state index is -1.30. The van der Waals surface area contributed by atoms with Crippen molar-refractivity contribution in [3.8, 4) is 0 Å². The molecule has 190 valence electrons. The second-order valence-electron chi connectivity index (χ2n) is 9.78. The normalized spacial score (nSPS) is 18.0. The van der Waals surface area contributed by atoms with Gasteiger partial charge in [-0.15, -0.1) is 0 Å². The number of aryl methyl sites for hydroxylation is 2. The largest absolute Gasteiger partial charge is 0.368 e. The van der Waals surface area contributed by atoms with Crippen LogP contribution in [0.5, 0.6) is 0 Å². The SMILES string of the molecule is CC(C)[C@H](NC(=O)[C@]1(NC(=O)CCc2ccc(F)c(F)c2)CCc2[nH]c3ccccc3c2C1)C(N)=O. The molecule has 2 atom stereocenters. The monoisotopic (exact) mass is 496 g/mol. The number of rotatable bonds is 8. The maximum Gasteiger partial charge on any atom is 0.246 e. The smallest absolute Gasteiger partial charge is 0.246 e. The van der Waals surface area contributed by atoms with Gasteiger partial charge in [-0.1, -0.05) is 38.1 Å². The lowest BCUT2D eigenvalue weighted by Crippen LogP contribution is -2.64. The number of primary amides is 1. The third kappa shape index (κ3) is 5.10. The molecule has 3 aromatic rings. The molecule has 3 amide bonds. The summed E-state index contributed by atoms with van der Waals surface area (Å²) in [5.41, 5.74) is 7.59. The molecule has 5 N–H and O–H groups in total. The van der Waals surface area contributed by atoms with Gasteiger partial charge in [0.1, 0.15) is 11.6 Å². The summed E-state index contributed by atoms with van der Waals surface area (Å²) in [6.45, 7) is 3.56. The van der Waals surface area contributed by atoms with E-state index < -0.39 is 40.9 Å². The number of nitrogens with two attached hydrogens (primary N) is 1. The van der Waals surface area contributed by atoms with Gasteiger partial charge >= 0.3 is 0 Å². The number of halogens is 2. The minimum absolute atomic E-state index is 0.0235. The standard InChI is InChI=1S/C27H30F2N4O3/c1-15(2)24(25(30)35)32-26(36)27(33-23(34)10-8-16-7-9-19(28)20(29)13-16)12-11-22-18(14-27)17-5-3-4-6-21(17)31-22/h3-7,9,13,15,24,31H,8,10-12,14H2,1-2H3,(H2,30,35)(H,32,36)(H,33,34)/t24-,27-/m0/s1. The molecule has 1 heterocycles. The van der Waals surface area contributed by atoms with Crippen molar-refractivity contribution in [2.45, 2.75) is 57.5 Å². The Kier molecular flexibility index (Phi) is 7.10. The molecular weight excluding hydrogens is 466 g/mol. The zero-order valence-electron chi connectivity index (χ0n) is 20.3. The first-order chi connectivity index (χ1) is 17.1. The Bertz CT molecular complexity index is 1320. The predicted octanol–water partition coefficient (Wildman–Crippen LogP) is 3.05. The number of benzene rings is 2. The van der Waals surface area contributed by atoms with Crippen LogP contribution in [0.25, 0.3) is 10.9 Å². The first-order valence-corrected chi connectivity index (χ1v) is 12.0. The quantitative estimate of drug-likeness (QED) is 0.384. The Labute approximate surface area is 207 Å². The van der Waals surface area contributed by atoms with Gasteiger partial charge in [-0.2, -0.15) is 0 Å². The second-order valence-corrected chi connectivity index (χ2v) is 9.78. The van der Waals surface area contributed by atoms with Gasteiger partial charge in [-0.25, -0.2) is 8.78 Å². The van der Waals surface area contributed by atoms with Gasteiger partial charge in [0.05, 0.1) is 0 Å². The summed E-state index contributed by atoms with van der Waals surface area (Å²) in [5, 5.41) is 6.65. The number of fused-ring (bicyclic) bond motifs is 3. The summed E-state index contributed by atoms with van der Waals surface area (Å²) in [6.07, 6.45) is 1.22. The van der Waals surface area contributed by atoms with Crippen LogP contribution < -0.4 is 16.4 Å². The van der Waals surface area contributed by atoms with Crippen LogP contribution >= 0.6 is 0 Å². The zero-order chi connectivity index (χ0) is 26.0. The molecule has 4 rings (SSSR count). The van der Waals surface area contributed by atoms with Gasteiger partial charge in [0, 0.05) is 29.4 Å². The lowest BCUT2D eigenvalue weighted by Gasteiger charge is -2.38. The van der Waals surface area contributed by atoms with Crippen LogP contribution in [0, 0.1) is 17.6 Å². The number of carbonyl (C=O) groups excluding carboxylic acids is 3. The number of para-hydroxylation sites is 1. The van der Waals surface area contributed by atoms with E-state index in [1.165, 1.54) is 6.07 Å². The Hall–Kier alpha value is -3.75. The van der Waals surface area contributed by atoms with Gasteiger partial charge in [0.15, 0.2) is 11.6 Å². The van der Waals surface area contributed by atoms with Crippen LogP contribution in [0.1, 0.15) is 43.5 Å². The Morgan fingerprint density at radius 3 is 2.56 bits per heavy atom. The highest BCUT2D eigenvalue weighted by atomic mass is 19.2. The maximum atomic E-state index is 13.7. The average molecular weight is 497 g/mol. The molecule has 0 spiro atoms. The molecular formula is C27H30F2N4O3. The van der Waals surface area contributed by atoms with Crippen LogP contribution in [0.3, 0.4) is 0 Å². The molecule has 7 nitrogen and oxygen atoms in total. The zero-order valence-corrected chi connectivity index (χ0v) is 20.3. The molecule has 1 aliphatic rings. The summed E-state index contributed by atoms with van der Waals surface area (Å²) in [6, 6.07) is 10.4. The summed E-state index contributed by atoms with van der Waals surface area (Å²) in [4.78, 5) is 42.1. The van der Waals surface area contributed by atoms with Crippen molar-refractivity contribution in [2.24, 2.45) is 11.7 Å². The van der Waals surface area contributed by atoms with E-state index in [0.717, 1.165) is 34.3 Å². The first-order valence-electron chi connectivity index (χ1n) is 12.0.